The molecule has 1 saturated heterocycles. The highest BCUT2D eigenvalue weighted by Gasteiger charge is 2.36. The average molecular weight is 445 g/mol. The van der Waals surface area contributed by atoms with Crippen LogP contribution in [0, 0.1) is 19.8 Å². The van der Waals surface area contributed by atoms with E-state index in [1.165, 1.54) is 0 Å². The molecule has 1 fully saturated rings. The first-order valence-electron chi connectivity index (χ1n) is 10.7. The van der Waals surface area contributed by atoms with Gasteiger partial charge in [0.15, 0.2) is 0 Å². The minimum absolute atomic E-state index is 0.0341. The van der Waals surface area contributed by atoms with Gasteiger partial charge in [-0.3, -0.25) is 9.52 Å². The number of rotatable bonds is 8. The molecule has 0 aromatic heterocycles. The van der Waals surface area contributed by atoms with E-state index in [0.717, 1.165) is 22.3 Å². The van der Waals surface area contributed by atoms with Gasteiger partial charge in [-0.2, -0.15) is 0 Å². The van der Waals surface area contributed by atoms with Crippen molar-refractivity contribution >= 4 is 21.6 Å². The second-order valence-electron chi connectivity index (χ2n) is 8.39. The Morgan fingerprint density at radius 1 is 1.16 bits per heavy atom. The molecule has 168 valence electrons. The van der Waals surface area contributed by atoms with Crippen LogP contribution in [0.15, 0.2) is 42.5 Å². The lowest BCUT2D eigenvalue weighted by Crippen LogP contribution is -2.30. The molecule has 0 unspecified atom stereocenters. The zero-order valence-electron chi connectivity index (χ0n) is 18.7. The van der Waals surface area contributed by atoms with Crippen LogP contribution in [-0.2, 0) is 21.2 Å². The second kappa shape index (κ2) is 9.83. The van der Waals surface area contributed by atoms with Gasteiger partial charge in [0, 0.05) is 37.4 Å². The van der Waals surface area contributed by atoms with Crippen molar-refractivity contribution in [3.8, 4) is 0 Å². The van der Waals surface area contributed by atoms with Crippen LogP contribution >= 0.6 is 0 Å². The lowest BCUT2D eigenvalue weighted by atomic mass is 9.96. The predicted molar refractivity (Wildman–Crippen MR) is 124 cm³/mol. The van der Waals surface area contributed by atoms with Crippen molar-refractivity contribution in [3.63, 3.8) is 0 Å². The number of nitrogens with zero attached hydrogens (tertiary/aromatic N) is 1. The van der Waals surface area contributed by atoms with E-state index < -0.39 is 10.0 Å². The number of amides is 1. The summed E-state index contributed by atoms with van der Waals surface area (Å²) in [6.07, 6.45) is 1.21. The molecule has 1 aliphatic heterocycles. The Bertz CT molecular complexity index is 1040. The number of benzene rings is 2. The minimum Gasteiger partial charge on any atom is -0.379 e. The maximum atomic E-state index is 13.1. The zero-order chi connectivity index (χ0) is 22.6. The van der Waals surface area contributed by atoms with Gasteiger partial charge in [-0.25, -0.2) is 8.42 Å². The highest BCUT2D eigenvalue weighted by atomic mass is 32.2. The molecule has 1 aliphatic rings. The van der Waals surface area contributed by atoms with E-state index in [2.05, 4.69) is 4.72 Å². The third kappa shape index (κ3) is 5.86. The Morgan fingerprint density at radius 3 is 2.65 bits per heavy atom. The molecule has 31 heavy (non-hydrogen) atoms. The van der Waals surface area contributed by atoms with E-state index in [9.17, 15) is 13.2 Å². The third-order valence-corrected chi connectivity index (χ3v) is 7.26. The number of carbonyl (C=O) groups is 1. The van der Waals surface area contributed by atoms with E-state index in [1.54, 1.807) is 13.2 Å². The molecule has 0 bridgehead atoms. The molecule has 7 heteroatoms. The van der Waals surface area contributed by atoms with E-state index >= 15 is 0 Å². The van der Waals surface area contributed by atoms with Crippen LogP contribution in [0.5, 0.6) is 0 Å². The first kappa shape index (κ1) is 23.3. The molecule has 2 aromatic carbocycles. The lowest BCUT2D eigenvalue weighted by Gasteiger charge is -2.18. The summed E-state index contributed by atoms with van der Waals surface area (Å²) in [5.74, 6) is 0.273. The van der Waals surface area contributed by atoms with Crippen LogP contribution in [0.4, 0.5) is 5.69 Å². The molecule has 1 amide bonds. The first-order valence-corrected chi connectivity index (χ1v) is 12.4. The number of hydrogen-bond donors (Lipinski definition) is 1. The molecular formula is C24H32N2O4S. The minimum atomic E-state index is -3.33. The quantitative estimate of drug-likeness (QED) is 0.672. The molecule has 0 saturated carbocycles. The van der Waals surface area contributed by atoms with Crippen LogP contribution in [0.2, 0.25) is 0 Å². The predicted octanol–water partition coefficient (Wildman–Crippen LogP) is 3.78. The highest BCUT2D eigenvalue weighted by Crippen LogP contribution is 2.27. The van der Waals surface area contributed by atoms with Gasteiger partial charge in [-0.05, 0) is 56.0 Å². The van der Waals surface area contributed by atoms with Crippen LogP contribution in [0.1, 0.15) is 40.4 Å². The van der Waals surface area contributed by atoms with Gasteiger partial charge in [0.05, 0.1) is 11.9 Å². The van der Waals surface area contributed by atoms with Gasteiger partial charge in [-0.1, -0.05) is 36.8 Å². The Balaban J connectivity index is 1.73. The molecule has 1 N–H and O–H groups in total. The van der Waals surface area contributed by atoms with Gasteiger partial charge in [0.2, 0.25) is 10.0 Å². The van der Waals surface area contributed by atoms with Crippen LogP contribution < -0.4 is 4.72 Å². The molecule has 3 rings (SSSR count). The molecule has 0 aliphatic carbocycles. The fourth-order valence-electron chi connectivity index (χ4n) is 4.17. The molecular weight excluding hydrogens is 412 g/mol. The second-order valence-corrected chi connectivity index (χ2v) is 10.2. The van der Waals surface area contributed by atoms with E-state index in [1.807, 2.05) is 62.1 Å². The van der Waals surface area contributed by atoms with E-state index in [-0.39, 0.29) is 23.7 Å². The normalized spacial score (nSPS) is 18.9. The summed E-state index contributed by atoms with van der Waals surface area (Å²) in [6.45, 7) is 6.94. The number of nitrogens with one attached hydrogen (secondary N) is 1. The Labute approximate surface area is 185 Å². The summed E-state index contributed by atoms with van der Waals surface area (Å²) in [6, 6.07) is 13.4. The van der Waals surface area contributed by atoms with Crippen LogP contribution in [-0.4, -0.2) is 51.3 Å². The van der Waals surface area contributed by atoms with Crippen molar-refractivity contribution in [1.82, 2.24) is 4.90 Å². The largest absolute Gasteiger partial charge is 0.379 e. The summed E-state index contributed by atoms with van der Waals surface area (Å²) in [7, 11) is -1.65. The molecule has 0 radical (unpaired) electrons. The summed E-state index contributed by atoms with van der Waals surface area (Å²) in [5.41, 5.74) is 4.37. The van der Waals surface area contributed by atoms with Crippen molar-refractivity contribution in [2.24, 2.45) is 5.92 Å². The first-order chi connectivity index (χ1) is 14.7. The topological polar surface area (TPSA) is 75.7 Å². The Morgan fingerprint density at radius 2 is 1.94 bits per heavy atom. The van der Waals surface area contributed by atoms with Gasteiger partial charge in [-0.15, -0.1) is 0 Å². The maximum Gasteiger partial charge on any atom is 0.254 e. The van der Waals surface area contributed by atoms with Gasteiger partial charge >= 0.3 is 0 Å². The number of methoxy groups -OCH3 is 1. The Hall–Kier alpha value is -2.38. The van der Waals surface area contributed by atoms with Crippen molar-refractivity contribution < 1.29 is 17.9 Å². The molecule has 2 atom stereocenters. The number of aryl methyl sites for hydroxylation is 2. The number of ether oxygens (including phenoxy) is 1. The lowest BCUT2D eigenvalue weighted by molar-refractivity contribution is 0.0679. The number of likely N-dealkylation sites (tertiary alicyclic amines) is 1. The van der Waals surface area contributed by atoms with Crippen molar-refractivity contribution in [1.29, 1.82) is 0 Å². The number of sulfonamides is 1. The van der Waals surface area contributed by atoms with E-state index in [0.29, 0.717) is 31.6 Å². The summed E-state index contributed by atoms with van der Waals surface area (Å²) >= 11 is 0. The zero-order valence-corrected chi connectivity index (χ0v) is 19.5. The molecule has 1 heterocycles. The van der Waals surface area contributed by atoms with Gasteiger partial charge < -0.3 is 9.64 Å². The summed E-state index contributed by atoms with van der Waals surface area (Å²) in [5, 5.41) is 0. The maximum absolute atomic E-state index is 13.1. The van der Waals surface area contributed by atoms with Gasteiger partial charge in [0.25, 0.3) is 5.91 Å². The van der Waals surface area contributed by atoms with E-state index in [4.69, 9.17) is 4.74 Å². The highest BCUT2D eigenvalue weighted by molar-refractivity contribution is 7.92. The average Bonchev–Trinajstić information content (AvgIpc) is 3.12. The number of hydrogen-bond acceptors (Lipinski definition) is 4. The SMILES string of the molecule is CCCS(=O)(=O)Nc1cccc(C[C@@H]2CN(C(=O)c3cc(C)ccc3C)C[C@H]2OC)c1. The van der Waals surface area contributed by atoms with Crippen LogP contribution in [0.25, 0.3) is 0 Å². The van der Waals surface area contributed by atoms with Crippen molar-refractivity contribution in [2.45, 2.75) is 39.7 Å². The van der Waals surface area contributed by atoms with Crippen LogP contribution in [0.3, 0.4) is 0 Å². The standard InChI is InChI=1S/C24H32N2O4S/c1-5-11-31(28,29)25-21-8-6-7-19(14-21)13-20-15-26(16-23(20)30-4)24(27)22-12-17(2)9-10-18(22)3/h6-10,12,14,20,23,25H,5,11,13,15-16H2,1-4H3/t20-,23-/m1/s1. The monoisotopic (exact) mass is 444 g/mol. The fraction of sp³-hybridized carbons (Fsp3) is 0.458. The molecule has 2 aromatic rings. The molecule has 6 nitrogen and oxygen atoms in total. The van der Waals surface area contributed by atoms with Crippen molar-refractivity contribution in [3.05, 3.63) is 64.7 Å². The smallest absolute Gasteiger partial charge is 0.254 e. The third-order valence-electron chi connectivity index (χ3n) is 5.77. The van der Waals surface area contributed by atoms with Crippen molar-refractivity contribution in [2.75, 3.05) is 30.7 Å². The van der Waals surface area contributed by atoms with Gasteiger partial charge in [0.1, 0.15) is 0 Å². The summed E-state index contributed by atoms with van der Waals surface area (Å²) < 4.78 is 32.5. The number of anilines is 1. The fourth-order valence-corrected chi connectivity index (χ4v) is 5.30. The number of carbonyl (C=O) groups excluding carboxylic acids is 1. The molecule has 0 spiro atoms. The Kier molecular flexibility index (Phi) is 7.38. The summed E-state index contributed by atoms with van der Waals surface area (Å²) in [4.78, 5) is 15.0.